The van der Waals surface area contributed by atoms with Gasteiger partial charge in [-0.15, -0.1) is 11.8 Å². The van der Waals surface area contributed by atoms with E-state index < -0.39 is 4.92 Å². The van der Waals surface area contributed by atoms with Gasteiger partial charge in [0.15, 0.2) is 0 Å². The Kier molecular flexibility index (Phi) is 8.02. The second-order valence-electron chi connectivity index (χ2n) is 7.38. The first kappa shape index (κ1) is 22.8. The van der Waals surface area contributed by atoms with Gasteiger partial charge in [0.05, 0.1) is 30.1 Å². The third-order valence-electron chi connectivity index (χ3n) is 4.75. The highest BCUT2D eigenvalue weighted by molar-refractivity contribution is 7.99. The van der Waals surface area contributed by atoms with Crippen LogP contribution in [0.2, 0.25) is 0 Å². The van der Waals surface area contributed by atoms with Gasteiger partial charge in [-0.2, -0.15) is 5.10 Å². The van der Waals surface area contributed by atoms with Gasteiger partial charge in [-0.25, -0.2) is 5.43 Å². The lowest BCUT2D eigenvalue weighted by Gasteiger charge is -2.29. The summed E-state index contributed by atoms with van der Waals surface area (Å²) in [5.41, 5.74) is 7.51. The maximum absolute atomic E-state index is 12.1. The van der Waals surface area contributed by atoms with E-state index in [0.717, 1.165) is 11.4 Å². The molecule has 0 atom stereocenters. The van der Waals surface area contributed by atoms with Gasteiger partial charge >= 0.3 is 0 Å². The van der Waals surface area contributed by atoms with Gasteiger partial charge in [0.25, 0.3) is 5.69 Å². The van der Waals surface area contributed by atoms with Crippen LogP contribution in [0.3, 0.4) is 0 Å². The van der Waals surface area contributed by atoms with E-state index in [2.05, 4.69) is 47.5 Å². The zero-order chi connectivity index (χ0) is 22.2. The van der Waals surface area contributed by atoms with Crippen LogP contribution in [0, 0.1) is 24.0 Å². The maximum atomic E-state index is 12.1. The fourth-order valence-electron chi connectivity index (χ4n) is 3.47. The summed E-state index contributed by atoms with van der Waals surface area (Å²) < 4.78 is 5.38. The molecule has 2 aromatic rings. The lowest BCUT2D eigenvalue weighted by molar-refractivity contribution is -0.384. The smallest absolute Gasteiger partial charge is 0.270 e. The van der Waals surface area contributed by atoms with Crippen molar-refractivity contribution in [2.24, 2.45) is 5.10 Å². The highest BCUT2D eigenvalue weighted by Gasteiger charge is 2.17. The van der Waals surface area contributed by atoms with Crippen LogP contribution in [0.5, 0.6) is 0 Å². The molecule has 0 aliphatic carbocycles. The fraction of sp³-hybridized carbons (Fsp3) is 0.364. The van der Waals surface area contributed by atoms with Crippen molar-refractivity contribution in [3.63, 3.8) is 0 Å². The highest BCUT2D eigenvalue weighted by Crippen LogP contribution is 2.25. The van der Waals surface area contributed by atoms with Crippen LogP contribution in [-0.2, 0) is 15.3 Å². The van der Waals surface area contributed by atoms with E-state index in [1.54, 1.807) is 6.07 Å². The number of carbonyl (C=O) groups excluding carboxylic acids is 1. The Balaban J connectivity index is 1.59. The average molecular weight is 443 g/mol. The molecule has 0 spiro atoms. The molecule has 0 aromatic heterocycles. The predicted octanol–water partition coefficient (Wildman–Crippen LogP) is 3.43. The van der Waals surface area contributed by atoms with Crippen LogP contribution < -0.4 is 10.3 Å². The van der Waals surface area contributed by atoms with Gasteiger partial charge in [0.2, 0.25) is 5.91 Å². The van der Waals surface area contributed by atoms with Gasteiger partial charge in [-0.05, 0) is 25.5 Å². The molecule has 1 saturated heterocycles. The van der Waals surface area contributed by atoms with Crippen molar-refractivity contribution in [2.75, 3.05) is 37.0 Å². The number of ether oxygens (including phenoxy) is 1. The number of non-ortho nitro benzene ring substituents is 1. The molecule has 0 saturated carbocycles. The van der Waals surface area contributed by atoms with Crippen molar-refractivity contribution in [1.82, 2.24) is 5.43 Å². The van der Waals surface area contributed by atoms with Gasteiger partial charge in [-0.1, -0.05) is 29.3 Å². The molecule has 0 radical (unpaired) electrons. The lowest BCUT2D eigenvalue weighted by atomic mass is 10.1. The summed E-state index contributed by atoms with van der Waals surface area (Å²) in [5, 5.41) is 15.2. The second kappa shape index (κ2) is 10.9. The molecule has 2 aromatic carbocycles. The Morgan fingerprint density at radius 1 is 1.23 bits per heavy atom. The molecule has 1 fully saturated rings. The Morgan fingerprint density at radius 3 is 2.61 bits per heavy atom. The van der Waals surface area contributed by atoms with Crippen molar-refractivity contribution < 1.29 is 14.5 Å². The third-order valence-corrected chi connectivity index (χ3v) is 5.75. The number of rotatable bonds is 8. The lowest BCUT2D eigenvalue weighted by Crippen LogP contribution is -2.36. The number of anilines is 1. The fourth-order valence-corrected chi connectivity index (χ4v) is 4.23. The van der Waals surface area contributed by atoms with E-state index >= 15 is 0 Å². The highest BCUT2D eigenvalue weighted by atomic mass is 32.2. The number of nitro benzene ring substituents is 1. The zero-order valence-electron chi connectivity index (χ0n) is 17.7. The van der Waals surface area contributed by atoms with Crippen molar-refractivity contribution in [1.29, 1.82) is 0 Å². The quantitative estimate of drug-likeness (QED) is 0.382. The summed E-state index contributed by atoms with van der Waals surface area (Å²) in [6, 6.07) is 11.0. The number of hydrazone groups is 1. The predicted molar refractivity (Wildman–Crippen MR) is 124 cm³/mol. The molecular formula is C22H26N4O4S. The van der Waals surface area contributed by atoms with E-state index in [4.69, 9.17) is 4.74 Å². The standard InChI is InChI=1S/C22H26N4O4S/c1-16-9-17(2)11-18(10-16)14-31-15-22(27)24-23-13-19-12-20(26(28)29)3-4-21(19)25-5-7-30-8-6-25/h3-4,9-13H,5-8,14-15H2,1-2H3,(H,24,27)/b23-13-. The Labute approximate surface area is 185 Å². The first-order valence-corrected chi connectivity index (χ1v) is 11.2. The maximum Gasteiger partial charge on any atom is 0.270 e. The largest absolute Gasteiger partial charge is 0.378 e. The number of hydrogen-bond acceptors (Lipinski definition) is 7. The summed E-state index contributed by atoms with van der Waals surface area (Å²) >= 11 is 1.51. The van der Waals surface area contributed by atoms with Gasteiger partial charge in [0, 0.05) is 42.2 Å². The first-order valence-electron chi connectivity index (χ1n) is 10.0. The Bertz CT molecular complexity index is 954. The van der Waals surface area contributed by atoms with E-state index in [-0.39, 0.29) is 17.3 Å². The SMILES string of the molecule is Cc1cc(C)cc(CSCC(=O)N/N=C\c2cc([N+](=O)[O-])ccc2N2CCOCC2)c1. The molecule has 1 N–H and O–H groups in total. The Hall–Kier alpha value is -2.91. The van der Waals surface area contributed by atoms with E-state index in [9.17, 15) is 14.9 Å². The zero-order valence-corrected chi connectivity index (χ0v) is 18.5. The molecule has 1 aliphatic heterocycles. The van der Waals surface area contributed by atoms with Gasteiger partial charge in [0.1, 0.15) is 0 Å². The number of hydrogen-bond donors (Lipinski definition) is 1. The summed E-state index contributed by atoms with van der Waals surface area (Å²) in [6.45, 7) is 6.70. The van der Waals surface area contributed by atoms with Crippen LogP contribution in [0.4, 0.5) is 11.4 Å². The number of nitrogens with one attached hydrogen (secondary N) is 1. The summed E-state index contributed by atoms with van der Waals surface area (Å²) in [7, 11) is 0. The number of carbonyl (C=O) groups is 1. The number of aryl methyl sites for hydroxylation is 2. The molecule has 0 unspecified atom stereocenters. The number of morpholine rings is 1. The molecule has 0 bridgehead atoms. The minimum atomic E-state index is -0.442. The van der Waals surface area contributed by atoms with Crippen LogP contribution in [0.15, 0.2) is 41.5 Å². The normalized spacial score (nSPS) is 14.1. The molecule has 1 heterocycles. The Morgan fingerprint density at radius 2 is 1.94 bits per heavy atom. The summed E-state index contributed by atoms with van der Waals surface area (Å²) in [5.74, 6) is 0.797. The number of thioether (sulfide) groups is 1. The first-order chi connectivity index (χ1) is 14.9. The van der Waals surface area contributed by atoms with E-state index in [1.165, 1.54) is 46.8 Å². The van der Waals surface area contributed by atoms with E-state index in [1.807, 2.05) is 0 Å². The van der Waals surface area contributed by atoms with E-state index in [0.29, 0.717) is 31.9 Å². The molecule has 31 heavy (non-hydrogen) atoms. The summed E-state index contributed by atoms with van der Waals surface area (Å²) in [4.78, 5) is 24.9. The van der Waals surface area contributed by atoms with Gasteiger partial charge < -0.3 is 9.64 Å². The van der Waals surface area contributed by atoms with Crippen molar-refractivity contribution in [3.8, 4) is 0 Å². The monoisotopic (exact) mass is 442 g/mol. The van der Waals surface area contributed by atoms with Crippen LogP contribution in [0.25, 0.3) is 0 Å². The minimum Gasteiger partial charge on any atom is -0.378 e. The molecular weight excluding hydrogens is 416 g/mol. The van der Waals surface area contributed by atoms with Crippen LogP contribution in [0.1, 0.15) is 22.3 Å². The molecule has 8 nitrogen and oxygen atoms in total. The molecule has 1 amide bonds. The summed E-state index contributed by atoms with van der Waals surface area (Å²) in [6.07, 6.45) is 1.46. The van der Waals surface area contributed by atoms with Crippen molar-refractivity contribution >= 4 is 35.3 Å². The minimum absolute atomic E-state index is 0.0196. The molecule has 9 heteroatoms. The molecule has 164 valence electrons. The van der Waals surface area contributed by atoms with Crippen LogP contribution in [-0.4, -0.2) is 49.1 Å². The van der Waals surface area contributed by atoms with Crippen molar-refractivity contribution in [2.45, 2.75) is 19.6 Å². The number of amides is 1. The number of nitrogens with zero attached hydrogens (tertiary/aromatic N) is 3. The molecule has 1 aliphatic rings. The number of benzene rings is 2. The second-order valence-corrected chi connectivity index (χ2v) is 8.37. The molecule has 3 rings (SSSR count). The topological polar surface area (TPSA) is 97.1 Å². The third kappa shape index (κ3) is 6.80. The van der Waals surface area contributed by atoms with Gasteiger partial charge in [-0.3, -0.25) is 14.9 Å². The number of nitro groups is 1. The van der Waals surface area contributed by atoms with Crippen LogP contribution >= 0.6 is 11.8 Å². The van der Waals surface area contributed by atoms with Crippen molar-refractivity contribution in [3.05, 3.63) is 68.8 Å². The average Bonchev–Trinajstić information content (AvgIpc) is 2.73.